The minimum absolute atomic E-state index is 0.0851. The number of hydrogen-bond donors (Lipinski definition) is 1. The molecule has 1 atom stereocenters. The second-order valence-electron chi connectivity index (χ2n) is 5.39. The van der Waals surface area contributed by atoms with Crippen LogP contribution in [0.25, 0.3) is 0 Å². The normalized spacial score (nSPS) is 16.8. The van der Waals surface area contributed by atoms with E-state index < -0.39 is 17.8 Å². The molecule has 0 bridgehead atoms. The van der Waals surface area contributed by atoms with Gasteiger partial charge in [0.15, 0.2) is 0 Å². The highest BCUT2D eigenvalue weighted by atomic mass is 19.4. The van der Waals surface area contributed by atoms with Crippen molar-refractivity contribution in [3.8, 4) is 0 Å². The second-order valence-corrected chi connectivity index (χ2v) is 5.39. The van der Waals surface area contributed by atoms with Crippen LogP contribution in [0.4, 0.5) is 13.2 Å². The van der Waals surface area contributed by atoms with E-state index in [1.165, 1.54) is 18.2 Å². The Hall–Kier alpha value is -1.81. The topological polar surface area (TPSA) is 20.2 Å². The van der Waals surface area contributed by atoms with Crippen molar-refractivity contribution in [1.29, 1.82) is 0 Å². The van der Waals surface area contributed by atoms with Gasteiger partial charge in [-0.2, -0.15) is 13.2 Å². The zero-order chi connectivity index (χ0) is 15.0. The SMILES string of the molecule is OC(c1ccccc1C1CC1)c1ccccc1C(F)(F)F. The maximum atomic E-state index is 13.1. The quantitative estimate of drug-likeness (QED) is 0.872. The Morgan fingerprint density at radius 1 is 0.905 bits per heavy atom. The molecule has 4 heteroatoms. The first kappa shape index (κ1) is 14.1. The molecule has 110 valence electrons. The Kier molecular flexibility index (Phi) is 3.49. The molecular weight excluding hydrogens is 277 g/mol. The fourth-order valence-corrected chi connectivity index (χ4v) is 2.69. The maximum Gasteiger partial charge on any atom is 0.416 e. The zero-order valence-electron chi connectivity index (χ0n) is 11.3. The molecule has 0 heterocycles. The van der Waals surface area contributed by atoms with E-state index in [1.807, 2.05) is 12.1 Å². The van der Waals surface area contributed by atoms with E-state index in [9.17, 15) is 18.3 Å². The second kappa shape index (κ2) is 5.19. The molecular formula is C17H15F3O. The van der Waals surface area contributed by atoms with Gasteiger partial charge in [0.2, 0.25) is 0 Å². The number of hydrogen-bond acceptors (Lipinski definition) is 1. The molecule has 0 saturated heterocycles. The van der Waals surface area contributed by atoms with Crippen LogP contribution in [0.2, 0.25) is 0 Å². The number of alkyl halides is 3. The third kappa shape index (κ3) is 2.81. The van der Waals surface area contributed by atoms with Crippen LogP contribution in [0.5, 0.6) is 0 Å². The van der Waals surface area contributed by atoms with Crippen LogP contribution in [0.15, 0.2) is 48.5 Å². The highest BCUT2D eigenvalue weighted by Crippen LogP contribution is 2.45. The van der Waals surface area contributed by atoms with Gasteiger partial charge in [0, 0.05) is 0 Å². The van der Waals surface area contributed by atoms with Crippen molar-refractivity contribution >= 4 is 0 Å². The van der Waals surface area contributed by atoms with E-state index in [0.29, 0.717) is 11.5 Å². The van der Waals surface area contributed by atoms with Crippen molar-refractivity contribution in [2.45, 2.75) is 31.0 Å². The van der Waals surface area contributed by atoms with E-state index >= 15 is 0 Å². The number of rotatable bonds is 3. The summed E-state index contributed by atoms with van der Waals surface area (Å²) in [7, 11) is 0. The predicted octanol–water partition coefficient (Wildman–Crippen LogP) is 4.66. The van der Waals surface area contributed by atoms with Crippen LogP contribution in [0.1, 0.15) is 47.1 Å². The highest BCUT2D eigenvalue weighted by Gasteiger charge is 2.36. The van der Waals surface area contributed by atoms with Crippen molar-refractivity contribution in [2.24, 2.45) is 0 Å². The van der Waals surface area contributed by atoms with Crippen LogP contribution in [0, 0.1) is 0 Å². The number of benzene rings is 2. The monoisotopic (exact) mass is 292 g/mol. The largest absolute Gasteiger partial charge is 0.416 e. The van der Waals surface area contributed by atoms with Gasteiger partial charge in [0.05, 0.1) is 5.56 Å². The average molecular weight is 292 g/mol. The van der Waals surface area contributed by atoms with E-state index in [2.05, 4.69) is 0 Å². The molecule has 0 amide bonds. The Labute approximate surface area is 121 Å². The van der Waals surface area contributed by atoms with Crippen molar-refractivity contribution in [1.82, 2.24) is 0 Å². The van der Waals surface area contributed by atoms with Crippen LogP contribution >= 0.6 is 0 Å². The van der Waals surface area contributed by atoms with E-state index in [1.54, 1.807) is 12.1 Å². The standard InChI is InChI=1S/C17H15F3O/c18-17(19,20)15-8-4-3-7-14(15)16(21)13-6-2-1-5-12(13)11-9-10-11/h1-8,11,16,21H,9-10H2. The summed E-state index contributed by atoms with van der Waals surface area (Å²) in [5.41, 5.74) is 0.680. The van der Waals surface area contributed by atoms with Gasteiger partial charge in [-0.3, -0.25) is 0 Å². The first-order valence-corrected chi connectivity index (χ1v) is 6.91. The molecule has 21 heavy (non-hydrogen) atoms. The lowest BCUT2D eigenvalue weighted by Crippen LogP contribution is -2.13. The number of halogens is 3. The lowest BCUT2D eigenvalue weighted by atomic mass is 9.92. The Morgan fingerprint density at radius 2 is 1.48 bits per heavy atom. The molecule has 1 fully saturated rings. The summed E-state index contributed by atoms with van der Waals surface area (Å²) in [4.78, 5) is 0. The van der Waals surface area contributed by atoms with Gasteiger partial charge in [0.25, 0.3) is 0 Å². The van der Waals surface area contributed by atoms with Gasteiger partial charge < -0.3 is 5.11 Å². The summed E-state index contributed by atoms with van der Waals surface area (Å²) in [6.45, 7) is 0. The lowest BCUT2D eigenvalue weighted by Gasteiger charge is -2.20. The summed E-state index contributed by atoms with van der Waals surface area (Å²) < 4.78 is 39.3. The molecule has 0 radical (unpaired) electrons. The van der Waals surface area contributed by atoms with Crippen molar-refractivity contribution in [3.63, 3.8) is 0 Å². The molecule has 3 rings (SSSR count). The molecule has 1 unspecified atom stereocenters. The molecule has 0 aromatic heterocycles. The van der Waals surface area contributed by atoms with Crippen LogP contribution < -0.4 is 0 Å². The number of aliphatic hydroxyl groups is 1. The Morgan fingerprint density at radius 3 is 2.10 bits per heavy atom. The van der Waals surface area contributed by atoms with Gasteiger partial charge in [-0.15, -0.1) is 0 Å². The molecule has 1 aliphatic rings. The predicted molar refractivity (Wildman–Crippen MR) is 73.9 cm³/mol. The molecule has 1 aliphatic carbocycles. The average Bonchev–Trinajstić information content (AvgIpc) is 3.30. The third-order valence-corrected chi connectivity index (χ3v) is 3.87. The Bertz CT molecular complexity index is 644. The smallest absolute Gasteiger partial charge is 0.384 e. The van der Waals surface area contributed by atoms with Gasteiger partial charge in [0.1, 0.15) is 6.10 Å². The van der Waals surface area contributed by atoms with Gasteiger partial charge in [-0.05, 0) is 41.5 Å². The van der Waals surface area contributed by atoms with Crippen LogP contribution in [-0.2, 0) is 6.18 Å². The molecule has 0 aliphatic heterocycles. The molecule has 0 spiro atoms. The summed E-state index contributed by atoms with van der Waals surface area (Å²) in [5, 5.41) is 10.5. The summed E-state index contributed by atoms with van der Waals surface area (Å²) >= 11 is 0. The third-order valence-electron chi connectivity index (χ3n) is 3.87. The van der Waals surface area contributed by atoms with Crippen LogP contribution in [0.3, 0.4) is 0 Å². The molecule has 1 saturated carbocycles. The van der Waals surface area contributed by atoms with Gasteiger partial charge in [-0.25, -0.2) is 0 Å². The maximum absolute atomic E-state index is 13.1. The molecule has 2 aromatic carbocycles. The van der Waals surface area contributed by atoms with Crippen molar-refractivity contribution < 1.29 is 18.3 Å². The summed E-state index contributed by atoms with van der Waals surface area (Å²) in [6.07, 6.45) is -3.65. The van der Waals surface area contributed by atoms with Crippen molar-refractivity contribution in [2.75, 3.05) is 0 Å². The van der Waals surface area contributed by atoms with E-state index in [0.717, 1.165) is 24.5 Å². The molecule has 2 aromatic rings. The van der Waals surface area contributed by atoms with Gasteiger partial charge in [-0.1, -0.05) is 42.5 Å². The Balaban J connectivity index is 2.06. The fraction of sp³-hybridized carbons (Fsp3) is 0.294. The minimum atomic E-state index is -4.47. The molecule has 1 nitrogen and oxygen atoms in total. The molecule has 1 N–H and O–H groups in total. The highest BCUT2D eigenvalue weighted by molar-refractivity contribution is 5.42. The number of aliphatic hydroxyl groups excluding tert-OH is 1. The van der Waals surface area contributed by atoms with E-state index in [-0.39, 0.29) is 5.56 Å². The van der Waals surface area contributed by atoms with Crippen LogP contribution in [-0.4, -0.2) is 5.11 Å². The lowest BCUT2D eigenvalue weighted by molar-refractivity contribution is -0.139. The summed E-state index contributed by atoms with van der Waals surface area (Å²) in [5.74, 6) is 0.369. The zero-order valence-corrected chi connectivity index (χ0v) is 11.3. The summed E-state index contributed by atoms with van der Waals surface area (Å²) in [6, 6.07) is 12.4. The first-order valence-electron chi connectivity index (χ1n) is 6.91. The van der Waals surface area contributed by atoms with E-state index in [4.69, 9.17) is 0 Å². The van der Waals surface area contributed by atoms with Gasteiger partial charge >= 0.3 is 6.18 Å². The van der Waals surface area contributed by atoms with Crippen molar-refractivity contribution in [3.05, 3.63) is 70.8 Å². The first-order chi connectivity index (χ1) is 9.98. The minimum Gasteiger partial charge on any atom is -0.384 e. The fourth-order valence-electron chi connectivity index (χ4n) is 2.69.